The van der Waals surface area contributed by atoms with Gasteiger partial charge < -0.3 is 10.0 Å². The van der Waals surface area contributed by atoms with Crippen LogP contribution in [0.25, 0.3) is 0 Å². The Labute approximate surface area is 102 Å². The lowest BCUT2D eigenvalue weighted by molar-refractivity contribution is 0.101. The summed E-state index contributed by atoms with van der Waals surface area (Å²) in [5.74, 6) is 0.324. The number of aliphatic hydroxyl groups excluding tert-OH is 1. The zero-order chi connectivity index (χ0) is 12.4. The minimum absolute atomic E-state index is 0.0441. The van der Waals surface area contributed by atoms with Crippen molar-refractivity contribution in [3.05, 3.63) is 35.4 Å². The Bertz CT molecular complexity index is 416. The molecule has 1 saturated heterocycles. The van der Waals surface area contributed by atoms with Gasteiger partial charge in [0.25, 0.3) is 0 Å². The third-order valence-corrected chi connectivity index (χ3v) is 3.51. The first kappa shape index (κ1) is 12.3. The highest BCUT2D eigenvalue weighted by molar-refractivity contribution is 5.94. The van der Waals surface area contributed by atoms with Crippen LogP contribution in [0.1, 0.15) is 35.4 Å². The van der Waals surface area contributed by atoms with Gasteiger partial charge in [0.05, 0.1) is 6.10 Å². The predicted octanol–water partition coefficient (Wildman–Crippen LogP) is 1.87. The van der Waals surface area contributed by atoms with E-state index in [1.807, 2.05) is 18.2 Å². The van der Waals surface area contributed by atoms with Gasteiger partial charge in [-0.3, -0.25) is 4.79 Å². The smallest absolute Gasteiger partial charge is 0.159 e. The highest BCUT2D eigenvalue weighted by Gasteiger charge is 2.27. The summed E-state index contributed by atoms with van der Waals surface area (Å²) < 4.78 is 0. The Morgan fingerprint density at radius 1 is 1.53 bits per heavy atom. The van der Waals surface area contributed by atoms with E-state index in [-0.39, 0.29) is 11.7 Å². The maximum absolute atomic E-state index is 11.3. The molecular weight excluding hydrogens is 214 g/mol. The van der Waals surface area contributed by atoms with E-state index in [1.54, 1.807) is 13.0 Å². The third-order valence-electron chi connectivity index (χ3n) is 3.51. The van der Waals surface area contributed by atoms with Crippen molar-refractivity contribution in [1.29, 1.82) is 0 Å². The first-order valence-electron chi connectivity index (χ1n) is 6.05. The van der Waals surface area contributed by atoms with Crippen molar-refractivity contribution in [3.8, 4) is 0 Å². The average molecular weight is 233 g/mol. The van der Waals surface area contributed by atoms with Crippen LogP contribution in [0.2, 0.25) is 0 Å². The highest BCUT2D eigenvalue weighted by atomic mass is 16.3. The second kappa shape index (κ2) is 4.98. The Balaban J connectivity index is 2.16. The van der Waals surface area contributed by atoms with Crippen LogP contribution in [0.3, 0.4) is 0 Å². The molecule has 3 heteroatoms. The van der Waals surface area contributed by atoms with Crippen LogP contribution in [0.4, 0.5) is 0 Å². The monoisotopic (exact) mass is 233 g/mol. The summed E-state index contributed by atoms with van der Waals surface area (Å²) in [7, 11) is 2.07. The van der Waals surface area contributed by atoms with Crippen LogP contribution in [0, 0.1) is 5.92 Å². The molecule has 3 nitrogen and oxygen atoms in total. The van der Waals surface area contributed by atoms with Crippen molar-refractivity contribution in [2.75, 3.05) is 20.1 Å². The lowest BCUT2D eigenvalue weighted by Crippen LogP contribution is -2.18. The number of Topliss-reactive ketones (excluding diaryl/α,β-unsaturated/α-hetero) is 1. The van der Waals surface area contributed by atoms with E-state index >= 15 is 0 Å². The molecule has 2 atom stereocenters. The summed E-state index contributed by atoms with van der Waals surface area (Å²) in [6.45, 7) is 3.51. The van der Waals surface area contributed by atoms with Crippen molar-refractivity contribution in [1.82, 2.24) is 4.90 Å². The zero-order valence-electron chi connectivity index (χ0n) is 10.4. The zero-order valence-corrected chi connectivity index (χ0v) is 10.4. The largest absolute Gasteiger partial charge is 0.388 e. The van der Waals surface area contributed by atoms with E-state index in [2.05, 4.69) is 11.9 Å². The Morgan fingerprint density at radius 2 is 2.29 bits per heavy atom. The fourth-order valence-electron chi connectivity index (χ4n) is 2.44. The molecule has 0 saturated carbocycles. The number of hydrogen-bond donors (Lipinski definition) is 1. The van der Waals surface area contributed by atoms with Crippen LogP contribution in [-0.2, 0) is 0 Å². The molecule has 92 valence electrons. The molecule has 0 aromatic heterocycles. The first-order valence-corrected chi connectivity index (χ1v) is 6.05. The minimum Gasteiger partial charge on any atom is -0.388 e. The molecule has 0 bridgehead atoms. The number of hydrogen-bond acceptors (Lipinski definition) is 3. The number of benzene rings is 1. The van der Waals surface area contributed by atoms with Crippen molar-refractivity contribution in [2.24, 2.45) is 5.92 Å². The molecule has 1 fully saturated rings. The summed E-state index contributed by atoms with van der Waals surface area (Å²) in [5, 5.41) is 10.3. The third kappa shape index (κ3) is 2.73. The Kier molecular flexibility index (Phi) is 3.60. The topological polar surface area (TPSA) is 40.5 Å². The van der Waals surface area contributed by atoms with Crippen molar-refractivity contribution in [2.45, 2.75) is 19.4 Å². The van der Waals surface area contributed by atoms with Crippen LogP contribution in [0.5, 0.6) is 0 Å². The standard InChI is InChI=1S/C14H19NO2/c1-10(16)11-4-3-5-12(8-11)14(17)13-6-7-15(2)9-13/h3-5,8,13-14,17H,6-7,9H2,1-2H3. The SMILES string of the molecule is CC(=O)c1cccc(C(O)C2CCN(C)C2)c1. The number of ketones is 1. The Morgan fingerprint density at radius 3 is 2.88 bits per heavy atom. The molecule has 2 rings (SSSR count). The molecule has 0 amide bonds. The van der Waals surface area contributed by atoms with Gasteiger partial charge in [-0.2, -0.15) is 0 Å². The van der Waals surface area contributed by atoms with Crippen molar-refractivity contribution >= 4 is 5.78 Å². The predicted molar refractivity (Wildman–Crippen MR) is 67.0 cm³/mol. The summed E-state index contributed by atoms with van der Waals surface area (Å²) >= 11 is 0. The van der Waals surface area contributed by atoms with Crippen LogP contribution in [0.15, 0.2) is 24.3 Å². The van der Waals surface area contributed by atoms with Gasteiger partial charge >= 0.3 is 0 Å². The van der Waals surface area contributed by atoms with Crippen LogP contribution < -0.4 is 0 Å². The number of aliphatic hydroxyl groups is 1. The summed E-state index contributed by atoms with van der Waals surface area (Å²) in [5.41, 5.74) is 1.53. The minimum atomic E-state index is -0.459. The number of rotatable bonds is 3. The number of carbonyl (C=O) groups is 1. The lowest BCUT2D eigenvalue weighted by atomic mass is 9.93. The highest BCUT2D eigenvalue weighted by Crippen LogP contribution is 2.29. The number of nitrogens with zero attached hydrogens (tertiary/aromatic N) is 1. The number of carbonyl (C=O) groups excluding carboxylic acids is 1. The first-order chi connectivity index (χ1) is 8.08. The molecule has 0 aliphatic carbocycles. The summed E-state index contributed by atoms with van der Waals surface area (Å²) in [4.78, 5) is 13.5. The van der Waals surface area contributed by atoms with Crippen LogP contribution in [-0.4, -0.2) is 35.9 Å². The second-order valence-corrected chi connectivity index (χ2v) is 4.94. The maximum atomic E-state index is 11.3. The molecule has 1 N–H and O–H groups in total. The van der Waals surface area contributed by atoms with Gasteiger partial charge in [0.1, 0.15) is 0 Å². The molecule has 1 aliphatic rings. The van der Waals surface area contributed by atoms with Gasteiger partial charge in [0, 0.05) is 18.0 Å². The molecule has 1 aromatic carbocycles. The van der Waals surface area contributed by atoms with Crippen molar-refractivity contribution < 1.29 is 9.90 Å². The van der Waals surface area contributed by atoms with E-state index in [0.29, 0.717) is 5.56 Å². The molecule has 0 spiro atoms. The van der Waals surface area contributed by atoms with Crippen molar-refractivity contribution in [3.63, 3.8) is 0 Å². The molecule has 0 radical (unpaired) electrons. The summed E-state index contributed by atoms with van der Waals surface area (Å²) in [6, 6.07) is 7.34. The van der Waals surface area contributed by atoms with Gasteiger partial charge in [0.2, 0.25) is 0 Å². The van der Waals surface area contributed by atoms with Gasteiger partial charge in [-0.25, -0.2) is 0 Å². The molecule has 2 unspecified atom stereocenters. The van der Waals surface area contributed by atoms with E-state index in [9.17, 15) is 9.90 Å². The number of likely N-dealkylation sites (tertiary alicyclic amines) is 1. The quantitative estimate of drug-likeness (QED) is 0.810. The molecule has 1 heterocycles. The normalized spacial score (nSPS) is 22.6. The fraction of sp³-hybridized carbons (Fsp3) is 0.500. The van der Waals surface area contributed by atoms with Gasteiger partial charge in [-0.05, 0) is 38.6 Å². The van der Waals surface area contributed by atoms with Crippen LogP contribution >= 0.6 is 0 Å². The van der Waals surface area contributed by atoms with Gasteiger partial charge in [-0.1, -0.05) is 18.2 Å². The van der Waals surface area contributed by atoms with Gasteiger partial charge in [0.15, 0.2) is 5.78 Å². The summed E-state index contributed by atoms with van der Waals surface area (Å²) in [6.07, 6.45) is 0.557. The van der Waals surface area contributed by atoms with E-state index in [1.165, 1.54) is 0 Å². The second-order valence-electron chi connectivity index (χ2n) is 4.94. The molecule has 17 heavy (non-hydrogen) atoms. The van der Waals surface area contributed by atoms with Gasteiger partial charge in [-0.15, -0.1) is 0 Å². The average Bonchev–Trinajstić information content (AvgIpc) is 2.75. The van der Waals surface area contributed by atoms with E-state index < -0.39 is 6.10 Å². The molecule has 1 aliphatic heterocycles. The molecule has 1 aromatic rings. The van der Waals surface area contributed by atoms with E-state index in [4.69, 9.17) is 0 Å². The lowest BCUT2D eigenvalue weighted by Gasteiger charge is -2.18. The molecular formula is C14H19NO2. The maximum Gasteiger partial charge on any atom is 0.159 e. The fourth-order valence-corrected chi connectivity index (χ4v) is 2.44. The van der Waals surface area contributed by atoms with E-state index in [0.717, 1.165) is 25.1 Å². The Hall–Kier alpha value is -1.19.